The zero-order valence-electron chi connectivity index (χ0n) is 20.8. The van der Waals surface area contributed by atoms with Crippen LogP contribution >= 0.6 is 17.2 Å². The molecule has 0 spiro atoms. The van der Waals surface area contributed by atoms with Crippen LogP contribution in [0.1, 0.15) is 74.7 Å². The first-order valence-corrected chi connectivity index (χ1v) is 14.3. The minimum Gasteiger partial charge on any atom is -0.347 e. The van der Waals surface area contributed by atoms with E-state index in [9.17, 15) is 0 Å². The zero-order chi connectivity index (χ0) is 22.9. The van der Waals surface area contributed by atoms with Crippen molar-refractivity contribution in [3.63, 3.8) is 0 Å². The van der Waals surface area contributed by atoms with Crippen LogP contribution in [-0.2, 0) is 23.8 Å². The number of hydrogen-bond acceptors (Lipinski definition) is 6. The Morgan fingerprint density at radius 1 is 0.667 bits per heavy atom. The van der Waals surface area contributed by atoms with E-state index in [2.05, 4.69) is 25.8 Å². The van der Waals surface area contributed by atoms with E-state index in [1.54, 1.807) is 0 Å². The molecule has 0 aliphatic carbocycles. The minimum absolute atomic E-state index is 0.343. The highest BCUT2D eigenvalue weighted by atomic mass is 31.1. The monoisotopic (exact) mass is 469 g/mol. The highest BCUT2D eigenvalue weighted by Crippen LogP contribution is 2.39. The van der Waals surface area contributed by atoms with E-state index in [0.717, 1.165) is 38.1 Å². The van der Waals surface area contributed by atoms with Gasteiger partial charge < -0.3 is 18.9 Å². The summed E-state index contributed by atoms with van der Waals surface area (Å²) < 4.78 is 23.9. The van der Waals surface area contributed by atoms with E-state index in [-0.39, 0.29) is 0 Å². The van der Waals surface area contributed by atoms with Crippen molar-refractivity contribution < 1.29 is 23.8 Å². The topological polar surface area (TPSA) is 49.4 Å². The number of rotatable bonds is 21. The van der Waals surface area contributed by atoms with Crippen molar-refractivity contribution in [1.82, 2.24) is 5.06 Å². The molecule has 0 aromatic carbocycles. The lowest BCUT2D eigenvalue weighted by Crippen LogP contribution is -2.37. The summed E-state index contributed by atoms with van der Waals surface area (Å²) in [4.78, 5) is 5.97. The third-order valence-electron chi connectivity index (χ3n) is 4.91. The molecule has 3 unspecified atom stereocenters. The first kappa shape index (κ1) is 30.6. The third kappa shape index (κ3) is 11.5. The van der Waals surface area contributed by atoms with Crippen LogP contribution in [0.3, 0.4) is 0 Å². The third-order valence-corrected chi connectivity index (χ3v) is 8.28. The van der Waals surface area contributed by atoms with Crippen LogP contribution in [0, 0.1) is 0 Å². The van der Waals surface area contributed by atoms with Gasteiger partial charge in [-0.25, -0.2) is 0 Å². The number of ether oxygens (including phenoxy) is 4. The Labute approximate surface area is 190 Å². The molecule has 182 valence electrons. The molecular formula is C22H49NO5P2. The van der Waals surface area contributed by atoms with Gasteiger partial charge in [-0.05, 0) is 60.3 Å². The van der Waals surface area contributed by atoms with E-state index >= 15 is 0 Å². The average molecular weight is 470 g/mol. The van der Waals surface area contributed by atoms with Gasteiger partial charge in [-0.15, -0.1) is 0 Å². The number of nitrogens with zero attached hydrogens (tertiary/aromatic N) is 1. The van der Waals surface area contributed by atoms with E-state index in [4.69, 9.17) is 23.8 Å². The predicted octanol–water partition coefficient (Wildman–Crippen LogP) is 5.65. The second-order valence-corrected chi connectivity index (χ2v) is 10.2. The van der Waals surface area contributed by atoms with Crippen LogP contribution in [-0.4, -0.2) is 74.1 Å². The van der Waals surface area contributed by atoms with Gasteiger partial charge in [0.2, 0.25) is 0 Å². The second-order valence-electron chi connectivity index (χ2n) is 6.99. The van der Waals surface area contributed by atoms with Gasteiger partial charge in [0.15, 0.2) is 11.1 Å². The van der Waals surface area contributed by atoms with E-state index in [1.807, 2.05) is 34.6 Å². The molecule has 0 aliphatic rings. The Morgan fingerprint density at radius 3 is 1.47 bits per heavy atom. The van der Waals surface area contributed by atoms with Gasteiger partial charge in [0, 0.05) is 51.9 Å². The lowest BCUT2D eigenvalue weighted by Gasteiger charge is -2.35. The second kappa shape index (κ2) is 18.1. The summed E-state index contributed by atoms with van der Waals surface area (Å²) in [5.41, 5.74) is -0.863. The maximum atomic E-state index is 5.99. The van der Waals surface area contributed by atoms with Crippen molar-refractivity contribution in [1.29, 1.82) is 0 Å². The molecular weight excluding hydrogens is 420 g/mol. The van der Waals surface area contributed by atoms with Crippen LogP contribution in [0.4, 0.5) is 0 Å². The molecule has 0 N–H and O–H groups in total. The quantitative estimate of drug-likeness (QED) is 0.123. The molecule has 0 fully saturated rings. The maximum Gasteiger partial charge on any atom is 0.183 e. The largest absolute Gasteiger partial charge is 0.347 e. The molecule has 6 nitrogen and oxygen atoms in total. The van der Waals surface area contributed by atoms with Crippen LogP contribution in [0.15, 0.2) is 0 Å². The van der Waals surface area contributed by atoms with E-state index < -0.39 is 11.1 Å². The molecule has 0 amide bonds. The molecule has 0 aromatic rings. The van der Waals surface area contributed by atoms with Gasteiger partial charge in [0.05, 0.1) is 6.61 Å². The maximum absolute atomic E-state index is 5.99. The number of hydrogen-bond donors (Lipinski definition) is 0. The van der Waals surface area contributed by atoms with Crippen LogP contribution < -0.4 is 0 Å². The van der Waals surface area contributed by atoms with Crippen LogP contribution in [0.5, 0.6) is 0 Å². The van der Waals surface area contributed by atoms with E-state index in [1.165, 1.54) is 0 Å². The molecule has 8 heteroatoms. The minimum atomic E-state index is -0.443. The Morgan fingerprint density at radius 2 is 1.10 bits per heavy atom. The Bertz CT molecular complexity index is 392. The lowest BCUT2D eigenvalue weighted by atomic mass is 10.2. The van der Waals surface area contributed by atoms with Crippen molar-refractivity contribution in [2.45, 2.75) is 91.8 Å². The SMILES string of the molecule is CCON(CCPC(CC)(OCC)OCC)C(C)CCPC(CC)(OCC)OCC. The Balaban J connectivity index is 4.73. The molecule has 30 heavy (non-hydrogen) atoms. The smallest absolute Gasteiger partial charge is 0.183 e. The molecule has 0 heterocycles. The lowest BCUT2D eigenvalue weighted by molar-refractivity contribution is -0.179. The van der Waals surface area contributed by atoms with Crippen molar-refractivity contribution in [3.05, 3.63) is 0 Å². The molecule has 0 aromatic heterocycles. The summed E-state index contributed by atoms with van der Waals surface area (Å²) in [5, 5.41) is 2.14. The summed E-state index contributed by atoms with van der Waals surface area (Å²) in [6.45, 7) is 21.0. The van der Waals surface area contributed by atoms with Gasteiger partial charge >= 0.3 is 0 Å². The normalized spacial score (nSPS) is 14.7. The molecule has 3 atom stereocenters. The van der Waals surface area contributed by atoms with Gasteiger partial charge in [0.1, 0.15) is 0 Å². The Hall–Kier alpha value is 0.620. The fourth-order valence-corrected chi connectivity index (χ4v) is 6.57. The molecule has 0 rings (SSSR count). The van der Waals surface area contributed by atoms with Crippen LogP contribution in [0.2, 0.25) is 0 Å². The molecule has 0 aliphatic heterocycles. The van der Waals surface area contributed by atoms with Crippen molar-refractivity contribution in [2.75, 3.05) is 51.9 Å². The summed E-state index contributed by atoms with van der Waals surface area (Å²) in [6, 6.07) is 0.343. The van der Waals surface area contributed by atoms with Crippen LogP contribution in [0.25, 0.3) is 0 Å². The predicted molar refractivity (Wildman–Crippen MR) is 131 cm³/mol. The number of hydroxylamine groups is 2. The standard InChI is InChI=1S/C22H49NO5P2/c1-9-21(24-11-3,25-12-4)29-18-16-20(8)23(28-15-7)17-19-30-22(10-2,26-13-5)27-14-6/h20,29-30H,9-19H2,1-8H3. The van der Waals surface area contributed by atoms with Gasteiger partial charge in [0.25, 0.3) is 0 Å². The summed E-state index contributed by atoms with van der Waals surface area (Å²) >= 11 is 0. The van der Waals surface area contributed by atoms with Crippen molar-refractivity contribution in [3.8, 4) is 0 Å². The Kier molecular flexibility index (Phi) is 18.5. The highest BCUT2D eigenvalue weighted by Gasteiger charge is 2.30. The van der Waals surface area contributed by atoms with E-state index in [0.29, 0.717) is 56.2 Å². The summed E-state index contributed by atoms with van der Waals surface area (Å²) in [7, 11) is 1.21. The highest BCUT2D eigenvalue weighted by molar-refractivity contribution is 7.39. The molecule has 0 radical (unpaired) electrons. The molecule has 0 bridgehead atoms. The van der Waals surface area contributed by atoms with Crippen molar-refractivity contribution in [2.24, 2.45) is 0 Å². The fourth-order valence-electron chi connectivity index (χ4n) is 3.43. The zero-order valence-corrected chi connectivity index (χ0v) is 22.8. The first-order chi connectivity index (χ1) is 14.4. The van der Waals surface area contributed by atoms with Gasteiger partial charge in [-0.3, -0.25) is 4.84 Å². The summed E-state index contributed by atoms with van der Waals surface area (Å²) in [6.07, 6.45) is 4.87. The van der Waals surface area contributed by atoms with Crippen molar-refractivity contribution >= 4 is 17.2 Å². The van der Waals surface area contributed by atoms with Gasteiger partial charge in [-0.1, -0.05) is 31.0 Å². The average Bonchev–Trinajstić information content (AvgIpc) is 2.73. The summed E-state index contributed by atoms with van der Waals surface area (Å²) in [5.74, 6) is 0. The molecule has 0 saturated carbocycles. The van der Waals surface area contributed by atoms with Gasteiger partial charge in [-0.2, -0.15) is 5.06 Å². The first-order valence-electron chi connectivity index (χ1n) is 11.9. The fraction of sp³-hybridized carbons (Fsp3) is 1.00. The molecule has 0 saturated heterocycles.